The molecule has 0 aromatic heterocycles. The molecule has 3 nitrogen and oxygen atoms in total. The van der Waals surface area contributed by atoms with Crippen LogP contribution in [-0.2, 0) is 0 Å². The van der Waals surface area contributed by atoms with Gasteiger partial charge < -0.3 is 10.5 Å². The first-order chi connectivity index (χ1) is 7.45. The van der Waals surface area contributed by atoms with Gasteiger partial charge in [0.15, 0.2) is 0 Å². The van der Waals surface area contributed by atoms with Crippen molar-refractivity contribution in [2.75, 3.05) is 0 Å². The number of carbonyl (C=O) groups is 1. The summed E-state index contributed by atoms with van der Waals surface area (Å²) in [6.45, 7) is 7.96. The quantitative estimate of drug-likeness (QED) is 0.849. The Hall–Kier alpha value is -1.51. The average molecular weight is 221 g/mol. The van der Waals surface area contributed by atoms with Crippen molar-refractivity contribution >= 4 is 5.91 Å². The van der Waals surface area contributed by atoms with E-state index in [4.69, 9.17) is 10.5 Å². The Morgan fingerprint density at radius 3 is 2.25 bits per heavy atom. The van der Waals surface area contributed by atoms with Gasteiger partial charge in [-0.25, -0.2) is 0 Å². The molecular formula is C13H19NO2. The minimum Gasteiger partial charge on any atom is -0.490 e. The Bertz CT molecular complexity index is 376. The highest BCUT2D eigenvalue weighted by Gasteiger charge is 2.11. The van der Waals surface area contributed by atoms with Crippen molar-refractivity contribution in [1.82, 2.24) is 0 Å². The number of hydrogen-bond acceptors (Lipinski definition) is 2. The fourth-order valence-electron chi connectivity index (χ4n) is 1.56. The van der Waals surface area contributed by atoms with Crippen LogP contribution in [0, 0.1) is 13.8 Å². The Morgan fingerprint density at radius 2 is 1.88 bits per heavy atom. The molecule has 0 spiro atoms. The standard InChI is InChI=1S/C13H19NO2/c1-5-10(4)16-12-8(2)6-11(13(14)15)7-9(12)3/h6-7,10H,5H2,1-4H3,(H2,14,15)/t10-/m1/s1. The largest absolute Gasteiger partial charge is 0.490 e. The lowest BCUT2D eigenvalue weighted by Gasteiger charge is -2.17. The lowest BCUT2D eigenvalue weighted by molar-refractivity contribution is 0.1000. The van der Waals surface area contributed by atoms with Crippen LogP contribution in [-0.4, -0.2) is 12.0 Å². The van der Waals surface area contributed by atoms with E-state index in [0.717, 1.165) is 23.3 Å². The van der Waals surface area contributed by atoms with Crippen LogP contribution >= 0.6 is 0 Å². The second-order valence-corrected chi connectivity index (χ2v) is 4.14. The number of nitrogens with two attached hydrogens (primary N) is 1. The summed E-state index contributed by atoms with van der Waals surface area (Å²) in [6, 6.07) is 3.54. The van der Waals surface area contributed by atoms with Gasteiger partial charge in [0, 0.05) is 5.56 Å². The number of carbonyl (C=O) groups excluding carboxylic acids is 1. The zero-order valence-electron chi connectivity index (χ0n) is 10.3. The lowest BCUT2D eigenvalue weighted by Crippen LogP contribution is -2.14. The van der Waals surface area contributed by atoms with Gasteiger partial charge in [-0.1, -0.05) is 6.92 Å². The molecule has 1 amide bonds. The molecule has 0 heterocycles. The fraction of sp³-hybridized carbons (Fsp3) is 0.462. The fourth-order valence-corrected chi connectivity index (χ4v) is 1.56. The minimum absolute atomic E-state index is 0.178. The van der Waals surface area contributed by atoms with Crippen LogP contribution in [0.1, 0.15) is 41.8 Å². The van der Waals surface area contributed by atoms with Crippen LogP contribution in [0.3, 0.4) is 0 Å². The van der Waals surface area contributed by atoms with E-state index in [0.29, 0.717) is 5.56 Å². The van der Waals surface area contributed by atoms with Crippen molar-refractivity contribution in [3.8, 4) is 5.75 Å². The molecule has 1 atom stereocenters. The van der Waals surface area contributed by atoms with Gasteiger partial charge >= 0.3 is 0 Å². The topological polar surface area (TPSA) is 52.3 Å². The third kappa shape index (κ3) is 2.75. The number of hydrogen-bond donors (Lipinski definition) is 1. The number of ether oxygens (including phenoxy) is 1. The summed E-state index contributed by atoms with van der Waals surface area (Å²) in [5.74, 6) is 0.459. The predicted octanol–water partition coefficient (Wildman–Crippen LogP) is 2.58. The predicted molar refractivity (Wildman–Crippen MR) is 64.8 cm³/mol. The molecule has 0 aliphatic heterocycles. The molecule has 0 radical (unpaired) electrons. The number of primary amides is 1. The SMILES string of the molecule is CC[C@@H](C)Oc1c(C)cc(C(N)=O)cc1C. The van der Waals surface area contributed by atoms with Crippen molar-refractivity contribution in [2.24, 2.45) is 5.73 Å². The Labute approximate surface area is 96.6 Å². The Morgan fingerprint density at radius 1 is 1.38 bits per heavy atom. The van der Waals surface area contributed by atoms with Gasteiger partial charge in [-0.05, 0) is 50.5 Å². The van der Waals surface area contributed by atoms with Gasteiger partial charge in [0.1, 0.15) is 5.75 Å². The molecular weight excluding hydrogens is 202 g/mol. The summed E-state index contributed by atoms with van der Waals surface area (Å²) in [5.41, 5.74) is 7.69. The number of aryl methyl sites for hydroxylation is 2. The normalized spacial score (nSPS) is 12.2. The molecule has 0 saturated heterocycles. The molecule has 2 N–H and O–H groups in total. The molecule has 88 valence electrons. The highest BCUT2D eigenvalue weighted by atomic mass is 16.5. The van der Waals surface area contributed by atoms with Crippen LogP contribution in [0.5, 0.6) is 5.75 Å². The Kier molecular flexibility index (Phi) is 3.93. The van der Waals surface area contributed by atoms with Gasteiger partial charge in [0.25, 0.3) is 0 Å². The van der Waals surface area contributed by atoms with E-state index >= 15 is 0 Å². The van der Waals surface area contributed by atoms with Gasteiger partial charge in [-0.3, -0.25) is 4.79 Å². The van der Waals surface area contributed by atoms with Gasteiger partial charge in [-0.15, -0.1) is 0 Å². The highest BCUT2D eigenvalue weighted by molar-refractivity contribution is 5.93. The molecule has 1 rings (SSSR count). The maximum Gasteiger partial charge on any atom is 0.248 e. The number of amides is 1. The van der Waals surface area contributed by atoms with E-state index in [2.05, 4.69) is 6.92 Å². The molecule has 3 heteroatoms. The average Bonchev–Trinajstić information content (AvgIpc) is 2.22. The van der Waals surface area contributed by atoms with Crippen LogP contribution in [0.4, 0.5) is 0 Å². The summed E-state index contributed by atoms with van der Waals surface area (Å²) in [5, 5.41) is 0. The molecule has 1 aromatic carbocycles. The maximum absolute atomic E-state index is 11.1. The van der Waals surface area contributed by atoms with Crippen LogP contribution in [0.2, 0.25) is 0 Å². The van der Waals surface area contributed by atoms with E-state index in [1.165, 1.54) is 0 Å². The molecule has 0 fully saturated rings. The van der Waals surface area contributed by atoms with Gasteiger partial charge in [-0.2, -0.15) is 0 Å². The van der Waals surface area contributed by atoms with Crippen molar-refractivity contribution in [3.05, 3.63) is 28.8 Å². The van der Waals surface area contributed by atoms with E-state index in [1.54, 1.807) is 12.1 Å². The van der Waals surface area contributed by atoms with Crippen molar-refractivity contribution in [3.63, 3.8) is 0 Å². The van der Waals surface area contributed by atoms with E-state index in [1.807, 2.05) is 20.8 Å². The third-order valence-corrected chi connectivity index (χ3v) is 2.64. The molecule has 0 bridgehead atoms. The zero-order chi connectivity index (χ0) is 12.3. The van der Waals surface area contributed by atoms with E-state index in [-0.39, 0.29) is 6.10 Å². The molecule has 0 unspecified atom stereocenters. The minimum atomic E-state index is -0.402. The van der Waals surface area contributed by atoms with Gasteiger partial charge in [0.05, 0.1) is 6.10 Å². The summed E-state index contributed by atoms with van der Waals surface area (Å²) < 4.78 is 5.81. The maximum atomic E-state index is 11.1. The highest BCUT2D eigenvalue weighted by Crippen LogP contribution is 2.26. The number of benzene rings is 1. The van der Waals surface area contributed by atoms with E-state index < -0.39 is 5.91 Å². The first-order valence-electron chi connectivity index (χ1n) is 5.53. The Balaban J connectivity index is 3.07. The summed E-state index contributed by atoms with van der Waals surface area (Å²) >= 11 is 0. The summed E-state index contributed by atoms with van der Waals surface area (Å²) in [4.78, 5) is 11.1. The molecule has 1 aromatic rings. The molecule has 0 aliphatic carbocycles. The van der Waals surface area contributed by atoms with Crippen LogP contribution in [0.15, 0.2) is 12.1 Å². The van der Waals surface area contributed by atoms with Crippen molar-refractivity contribution < 1.29 is 9.53 Å². The second kappa shape index (κ2) is 5.01. The van der Waals surface area contributed by atoms with Crippen molar-refractivity contribution in [1.29, 1.82) is 0 Å². The first-order valence-corrected chi connectivity index (χ1v) is 5.53. The van der Waals surface area contributed by atoms with Crippen molar-refractivity contribution in [2.45, 2.75) is 40.2 Å². The van der Waals surface area contributed by atoms with Crippen LogP contribution < -0.4 is 10.5 Å². The van der Waals surface area contributed by atoms with Crippen LogP contribution in [0.25, 0.3) is 0 Å². The lowest BCUT2D eigenvalue weighted by atomic mass is 10.1. The second-order valence-electron chi connectivity index (χ2n) is 4.14. The smallest absolute Gasteiger partial charge is 0.248 e. The monoisotopic (exact) mass is 221 g/mol. The molecule has 0 aliphatic rings. The zero-order valence-corrected chi connectivity index (χ0v) is 10.3. The molecule has 0 saturated carbocycles. The summed E-state index contributed by atoms with van der Waals surface area (Å²) in [6.07, 6.45) is 1.13. The van der Waals surface area contributed by atoms with E-state index in [9.17, 15) is 4.79 Å². The molecule has 16 heavy (non-hydrogen) atoms. The first kappa shape index (κ1) is 12.6. The number of rotatable bonds is 4. The third-order valence-electron chi connectivity index (χ3n) is 2.64. The van der Waals surface area contributed by atoms with Gasteiger partial charge in [0.2, 0.25) is 5.91 Å². The summed E-state index contributed by atoms with van der Waals surface area (Å²) in [7, 11) is 0.